The van der Waals surface area contributed by atoms with E-state index in [2.05, 4.69) is 4.98 Å². The maximum atomic E-state index is 9.94. The van der Waals surface area contributed by atoms with Crippen molar-refractivity contribution in [1.82, 2.24) is 4.98 Å². The Hall–Kier alpha value is -0.648. The Labute approximate surface area is 64.1 Å². The Morgan fingerprint density at radius 1 is 1.44 bits per heavy atom. The van der Waals surface area contributed by atoms with Crippen LogP contribution in [-0.4, -0.2) is 28.6 Å². The predicted molar refractivity (Wildman–Crippen MR) is 39.6 cm³/mol. The number of rotatable bonds is 1. The quantitative estimate of drug-likeness (QED) is 0.393. The summed E-state index contributed by atoms with van der Waals surface area (Å²) in [4.78, 5) is 13.7. The van der Waals surface area contributed by atoms with Crippen LogP contribution in [0.25, 0.3) is 0 Å². The molecule has 3 heteroatoms. The van der Waals surface area contributed by atoms with Crippen molar-refractivity contribution in [2.45, 2.75) is 0 Å². The van der Waals surface area contributed by atoms with E-state index < -0.39 is 0 Å². The minimum Gasteiger partial charge on any atom is -0.296 e. The molecule has 0 spiro atoms. The van der Waals surface area contributed by atoms with Gasteiger partial charge in [-0.25, -0.2) is 0 Å². The first kappa shape index (κ1) is 8.35. The van der Waals surface area contributed by atoms with Gasteiger partial charge in [0.1, 0.15) is 5.69 Å². The lowest BCUT2D eigenvalue weighted by Crippen LogP contribution is -1.80. The Kier molecular flexibility index (Phi) is 3.95. The van der Waals surface area contributed by atoms with Crippen molar-refractivity contribution in [1.29, 1.82) is 0 Å². The summed E-state index contributed by atoms with van der Waals surface area (Å²) in [5.74, 6) is 0. The molecule has 0 fully saturated rings. The highest BCUT2D eigenvalue weighted by atomic mass is 27.0. The van der Waals surface area contributed by atoms with Gasteiger partial charge in [0.05, 0.1) is 0 Å². The maximum Gasteiger partial charge on any atom is 0.187 e. The predicted octanol–water partition coefficient (Wildman–Crippen LogP) is -0.290. The molecular weight excluding hydrogens is 129 g/mol. The average molecular weight is 137 g/mol. The van der Waals surface area contributed by atoms with Gasteiger partial charge in [0.15, 0.2) is 23.6 Å². The topological polar surface area (TPSA) is 30.0 Å². The van der Waals surface area contributed by atoms with Crippen LogP contribution in [-0.2, 0) is 0 Å². The monoisotopic (exact) mass is 137 g/mol. The lowest BCUT2D eigenvalue weighted by Gasteiger charge is -1.81. The highest BCUT2D eigenvalue weighted by Crippen LogP contribution is 1.85. The highest BCUT2D eigenvalue weighted by molar-refractivity contribution is 5.75. The Morgan fingerprint density at radius 2 is 2.22 bits per heavy atom. The van der Waals surface area contributed by atoms with E-state index >= 15 is 0 Å². The molecule has 0 aromatic carbocycles. The second kappa shape index (κ2) is 4.25. The third kappa shape index (κ3) is 2.41. The second-order valence-corrected chi connectivity index (χ2v) is 1.37. The molecule has 0 aliphatic rings. The first-order valence-corrected chi connectivity index (χ1v) is 2.29. The molecule has 0 saturated heterocycles. The third-order valence-electron chi connectivity index (χ3n) is 0.809. The first-order chi connectivity index (χ1) is 3.93. The van der Waals surface area contributed by atoms with Crippen molar-refractivity contribution < 1.29 is 4.79 Å². The van der Waals surface area contributed by atoms with Gasteiger partial charge in [-0.1, -0.05) is 6.07 Å². The molecule has 46 valence electrons. The van der Waals surface area contributed by atoms with Gasteiger partial charge in [0, 0.05) is 6.20 Å². The van der Waals surface area contributed by atoms with Crippen molar-refractivity contribution in [2.75, 3.05) is 0 Å². The van der Waals surface area contributed by atoms with Crippen LogP contribution < -0.4 is 0 Å². The number of carbonyl (C=O) groups is 1. The van der Waals surface area contributed by atoms with E-state index in [-0.39, 0.29) is 17.4 Å². The van der Waals surface area contributed by atoms with Gasteiger partial charge in [0.25, 0.3) is 0 Å². The van der Waals surface area contributed by atoms with Gasteiger partial charge in [0.2, 0.25) is 0 Å². The largest absolute Gasteiger partial charge is 0.296 e. The minimum atomic E-state index is 0. The van der Waals surface area contributed by atoms with E-state index in [0.717, 1.165) is 6.29 Å². The van der Waals surface area contributed by atoms with Gasteiger partial charge >= 0.3 is 0 Å². The Morgan fingerprint density at radius 3 is 2.56 bits per heavy atom. The molecule has 0 amide bonds. The summed E-state index contributed by atoms with van der Waals surface area (Å²) in [7, 11) is 0. The molecule has 0 saturated carbocycles. The fourth-order valence-corrected chi connectivity index (χ4v) is 0.446. The highest BCUT2D eigenvalue weighted by Gasteiger charge is 1.81. The lowest BCUT2D eigenvalue weighted by atomic mass is 10.4. The lowest BCUT2D eigenvalue weighted by molar-refractivity contribution is 0.111. The molecule has 0 N–H and O–H groups in total. The molecule has 0 aliphatic carbocycles. The molecule has 0 unspecified atom stereocenters. The number of hydrogen-bond acceptors (Lipinski definition) is 2. The summed E-state index contributed by atoms with van der Waals surface area (Å²) in [5.41, 5.74) is 0.479. The van der Waals surface area contributed by atoms with Crippen LogP contribution in [0.3, 0.4) is 0 Å². The molecule has 1 aromatic heterocycles. The van der Waals surface area contributed by atoms with Crippen LogP contribution in [0.5, 0.6) is 0 Å². The SMILES string of the molecule is O=Cc1ccccn1.[AlH3]. The van der Waals surface area contributed by atoms with Crippen molar-refractivity contribution >= 4 is 23.6 Å². The van der Waals surface area contributed by atoms with Crippen LogP contribution in [0, 0.1) is 0 Å². The molecule has 1 aromatic rings. The van der Waals surface area contributed by atoms with Crippen LogP contribution in [0.15, 0.2) is 24.4 Å². The summed E-state index contributed by atoms with van der Waals surface area (Å²) in [6.45, 7) is 0. The van der Waals surface area contributed by atoms with Crippen LogP contribution in [0.2, 0.25) is 0 Å². The normalized spacial score (nSPS) is 7.56. The second-order valence-electron chi connectivity index (χ2n) is 1.37. The fraction of sp³-hybridized carbons (Fsp3) is 0. The summed E-state index contributed by atoms with van der Waals surface area (Å²) >= 11 is 0. The number of aldehydes is 1. The van der Waals surface area contributed by atoms with Crippen molar-refractivity contribution in [3.05, 3.63) is 30.1 Å². The number of nitrogens with zero attached hydrogens (tertiary/aromatic N) is 1. The number of pyridine rings is 1. The maximum absolute atomic E-state index is 9.94. The van der Waals surface area contributed by atoms with Crippen LogP contribution in [0.1, 0.15) is 10.5 Å². The number of hydrogen-bond donors (Lipinski definition) is 0. The molecular formula is C6H8AlNO. The summed E-state index contributed by atoms with van der Waals surface area (Å²) in [6.07, 6.45) is 2.31. The molecule has 2 nitrogen and oxygen atoms in total. The number of aromatic nitrogens is 1. The molecule has 1 rings (SSSR count). The molecule has 9 heavy (non-hydrogen) atoms. The van der Waals surface area contributed by atoms with Crippen molar-refractivity contribution in [3.8, 4) is 0 Å². The van der Waals surface area contributed by atoms with E-state index in [1.807, 2.05) is 0 Å². The smallest absolute Gasteiger partial charge is 0.187 e. The zero-order chi connectivity index (χ0) is 5.82. The minimum absolute atomic E-state index is 0. The van der Waals surface area contributed by atoms with Gasteiger partial charge in [-0.3, -0.25) is 9.78 Å². The molecule has 1 heterocycles. The standard InChI is InChI=1S/C6H5NO.Al.3H/c8-5-6-3-1-2-4-7-6;;;;/h1-5H;;;;. The van der Waals surface area contributed by atoms with Gasteiger partial charge < -0.3 is 0 Å². The Bertz CT molecular complexity index is 176. The molecule has 0 aliphatic heterocycles. The third-order valence-corrected chi connectivity index (χ3v) is 0.809. The van der Waals surface area contributed by atoms with E-state index in [9.17, 15) is 4.79 Å². The number of carbonyl (C=O) groups excluding carboxylic acids is 1. The van der Waals surface area contributed by atoms with E-state index in [4.69, 9.17) is 0 Å². The Balaban J connectivity index is 0.000000640. The van der Waals surface area contributed by atoms with Gasteiger partial charge in [-0.15, -0.1) is 0 Å². The zero-order valence-corrected chi connectivity index (χ0v) is 4.24. The van der Waals surface area contributed by atoms with Gasteiger partial charge in [-0.2, -0.15) is 0 Å². The average Bonchev–Trinajstić information content (AvgIpc) is 1.90. The van der Waals surface area contributed by atoms with E-state index in [1.54, 1.807) is 24.4 Å². The van der Waals surface area contributed by atoms with Crippen LogP contribution in [0.4, 0.5) is 0 Å². The zero-order valence-electron chi connectivity index (χ0n) is 4.24. The first-order valence-electron chi connectivity index (χ1n) is 2.29. The summed E-state index contributed by atoms with van der Waals surface area (Å²) < 4.78 is 0. The molecule has 0 atom stereocenters. The summed E-state index contributed by atoms with van der Waals surface area (Å²) in [5, 5.41) is 0. The van der Waals surface area contributed by atoms with Crippen molar-refractivity contribution in [3.63, 3.8) is 0 Å². The summed E-state index contributed by atoms with van der Waals surface area (Å²) in [6, 6.07) is 5.21. The molecule has 0 bridgehead atoms. The van der Waals surface area contributed by atoms with Crippen LogP contribution >= 0.6 is 0 Å². The van der Waals surface area contributed by atoms with E-state index in [0.29, 0.717) is 5.69 Å². The molecule has 0 radical (unpaired) electrons. The van der Waals surface area contributed by atoms with Gasteiger partial charge in [-0.05, 0) is 12.1 Å². The van der Waals surface area contributed by atoms with Crippen molar-refractivity contribution in [2.24, 2.45) is 0 Å². The van der Waals surface area contributed by atoms with E-state index in [1.165, 1.54) is 0 Å². The fourth-order valence-electron chi connectivity index (χ4n) is 0.446.